The quantitative estimate of drug-likeness (QED) is 0.491. The molecule has 5 nitrogen and oxygen atoms in total. The Labute approximate surface area is 161 Å². The van der Waals surface area contributed by atoms with Gasteiger partial charge in [0.1, 0.15) is 28.9 Å². The van der Waals surface area contributed by atoms with Gasteiger partial charge in [-0.15, -0.1) is 0 Å². The van der Waals surface area contributed by atoms with Crippen molar-refractivity contribution in [1.29, 1.82) is 5.26 Å². The number of ether oxygens (including phenoxy) is 1. The molecule has 3 aromatic rings. The number of nitrogens with zero attached hydrogens (tertiary/aromatic N) is 1. The Hall–Kier alpha value is -3.49. The van der Waals surface area contributed by atoms with E-state index < -0.39 is 5.91 Å². The van der Waals surface area contributed by atoms with Crippen molar-refractivity contribution in [2.45, 2.75) is 0 Å². The molecule has 2 aromatic carbocycles. The number of carbonyl (C=O) groups excluding carboxylic acids is 1. The summed E-state index contributed by atoms with van der Waals surface area (Å²) in [5.74, 6) is 0.963. The van der Waals surface area contributed by atoms with E-state index in [0.717, 1.165) is 5.56 Å². The van der Waals surface area contributed by atoms with Gasteiger partial charge in [-0.25, -0.2) is 0 Å². The highest BCUT2D eigenvalue weighted by molar-refractivity contribution is 6.30. The molecule has 0 fully saturated rings. The standard InChI is InChI=1S/C21H15ClN2O3/c1-26-20-5-3-2-4-18(20)24-21(25)15(13-23)12-17-10-11-19(27-17)14-6-8-16(22)9-7-14/h2-12H,1H3,(H,24,25)/b15-12+. The molecule has 0 radical (unpaired) electrons. The number of amides is 1. The van der Waals surface area contributed by atoms with Gasteiger partial charge < -0.3 is 14.5 Å². The summed E-state index contributed by atoms with van der Waals surface area (Å²) < 4.78 is 10.9. The second kappa shape index (κ2) is 8.26. The van der Waals surface area contributed by atoms with Crippen LogP contribution < -0.4 is 10.1 Å². The van der Waals surface area contributed by atoms with Crippen molar-refractivity contribution in [3.63, 3.8) is 0 Å². The zero-order valence-electron chi connectivity index (χ0n) is 14.4. The van der Waals surface area contributed by atoms with E-state index in [1.165, 1.54) is 13.2 Å². The van der Waals surface area contributed by atoms with Gasteiger partial charge in [-0.05, 0) is 48.5 Å². The maximum atomic E-state index is 12.4. The Kier molecular flexibility index (Phi) is 5.60. The van der Waals surface area contributed by atoms with Crippen LogP contribution >= 0.6 is 11.6 Å². The van der Waals surface area contributed by atoms with Crippen LogP contribution in [-0.4, -0.2) is 13.0 Å². The van der Waals surface area contributed by atoms with E-state index in [1.807, 2.05) is 18.2 Å². The van der Waals surface area contributed by atoms with Crippen molar-refractivity contribution in [2.75, 3.05) is 12.4 Å². The first kappa shape index (κ1) is 18.3. The molecule has 0 unspecified atom stereocenters. The van der Waals surface area contributed by atoms with Crippen LogP contribution in [0.25, 0.3) is 17.4 Å². The Bertz CT molecular complexity index is 1030. The number of anilines is 1. The number of halogens is 1. The fourth-order valence-electron chi connectivity index (χ4n) is 2.43. The molecule has 0 aliphatic rings. The molecule has 0 aliphatic heterocycles. The molecule has 1 heterocycles. The summed E-state index contributed by atoms with van der Waals surface area (Å²) in [4.78, 5) is 12.4. The molecule has 1 aromatic heterocycles. The monoisotopic (exact) mass is 378 g/mol. The fraction of sp³-hybridized carbons (Fsp3) is 0.0476. The molecule has 1 N–H and O–H groups in total. The first-order valence-electron chi connectivity index (χ1n) is 8.02. The summed E-state index contributed by atoms with van der Waals surface area (Å²) in [6.07, 6.45) is 1.39. The van der Waals surface area contributed by atoms with Crippen molar-refractivity contribution in [1.82, 2.24) is 0 Å². The van der Waals surface area contributed by atoms with Gasteiger partial charge >= 0.3 is 0 Å². The Morgan fingerprint density at radius 3 is 2.59 bits per heavy atom. The Morgan fingerprint density at radius 1 is 1.15 bits per heavy atom. The van der Waals surface area contributed by atoms with E-state index in [0.29, 0.717) is 28.0 Å². The smallest absolute Gasteiger partial charge is 0.266 e. The molecule has 0 spiro atoms. The molecular weight excluding hydrogens is 364 g/mol. The summed E-state index contributed by atoms with van der Waals surface area (Å²) in [6, 6.07) is 19.5. The maximum absolute atomic E-state index is 12.4. The average Bonchev–Trinajstić information content (AvgIpc) is 3.15. The van der Waals surface area contributed by atoms with Crippen LogP contribution in [0.1, 0.15) is 5.76 Å². The number of hydrogen-bond acceptors (Lipinski definition) is 4. The van der Waals surface area contributed by atoms with Gasteiger partial charge in [-0.3, -0.25) is 4.79 Å². The molecule has 0 saturated carbocycles. The first-order chi connectivity index (χ1) is 13.1. The van der Waals surface area contributed by atoms with E-state index in [4.69, 9.17) is 20.8 Å². The maximum Gasteiger partial charge on any atom is 0.266 e. The number of furan rings is 1. The molecule has 0 saturated heterocycles. The van der Waals surface area contributed by atoms with Gasteiger partial charge in [0, 0.05) is 16.7 Å². The molecule has 3 rings (SSSR count). The topological polar surface area (TPSA) is 75.3 Å². The molecule has 0 bridgehead atoms. The summed E-state index contributed by atoms with van der Waals surface area (Å²) in [5, 5.41) is 12.6. The van der Waals surface area contributed by atoms with Crippen molar-refractivity contribution in [3.05, 3.63) is 77.0 Å². The minimum atomic E-state index is -0.550. The molecule has 27 heavy (non-hydrogen) atoms. The van der Waals surface area contributed by atoms with E-state index >= 15 is 0 Å². The van der Waals surface area contributed by atoms with Crippen molar-refractivity contribution >= 4 is 29.3 Å². The predicted molar refractivity (Wildman–Crippen MR) is 104 cm³/mol. The summed E-state index contributed by atoms with van der Waals surface area (Å²) in [5.41, 5.74) is 1.24. The first-order valence-corrected chi connectivity index (χ1v) is 8.40. The van der Waals surface area contributed by atoms with Crippen LogP contribution in [-0.2, 0) is 4.79 Å². The number of rotatable bonds is 5. The summed E-state index contributed by atoms with van der Waals surface area (Å²) >= 11 is 5.89. The third-order valence-electron chi connectivity index (χ3n) is 3.76. The van der Waals surface area contributed by atoms with Crippen LogP contribution in [0.2, 0.25) is 5.02 Å². The average molecular weight is 379 g/mol. The van der Waals surface area contributed by atoms with Crippen LogP contribution in [0.5, 0.6) is 5.75 Å². The molecule has 0 atom stereocenters. The van der Waals surface area contributed by atoms with Gasteiger partial charge in [0.2, 0.25) is 0 Å². The normalized spacial score (nSPS) is 10.9. The SMILES string of the molecule is COc1ccccc1NC(=O)/C(C#N)=C/c1ccc(-c2ccc(Cl)cc2)o1. The third kappa shape index (κ3) is 4.38. The van der Waals surface area contributed by atoms with Gasteiger partial charge in [-0.1, -0.05) is 23.7 Å². The summed E-state index contributed by atoms with van der Waals surface area (Å²) in [7, 11) is 1.51. The van der Waals surface area contributed by atoms with Crippen LogP contribution in [0.3, 0.4) is 0 Å². The minimum absolute atomic E-state index is 0.0853. The largest absolute Gasteiger partial charge is 0.495 e. The number of nitriles is 1. The van der Waals surface area contributed by atoms with Crippen LogP contribution in [0.4, 0.5) is 5.69 Å². The zero-order chi connectivity index (χ0) is 19.2. The lowest BCUT2D eigenvalue weighted by Gasteiger charge is -2.08. The number of para-hydroxylation sites is 2. The number of nitrogens with one attached hydrogen (secondary N) is 1. The predicted octanol–water partition coefficient (Wildman–Crippen LogP) is 5.15. The van der Waals surface area contributed by atoms with Crippen molar-refractivity contribution < 1.29 is 13.9 Å². The molecule has 134 valence electrons. The highest BCUT2D eigenvalue weighted by atomic mass is 35.5. The van der Waals surface area contributed by atoms with Crippen LogP contribution in [0.15, 0.2) is 70.7 Å². The lowest BCUT2D eigenvalue weighted by molar-refractivity contribution is -0.112. The highest BCUT2D eigenvalue weighted by Crippen LogP contribution is 2.26. The number of benzene rings is 2. The third-order valence-corrected chi connectivity index (χ3v) is 4.01. The number of carbonyl (C=O) groups is 1. The zero-order valence-corrected chi connectivity index (χ0v) is 15.2. The second-order valence-electron chi connectivity index (χ2n) is 5.53. The van der Waals surface area contributed by atoms with E-state index in [-0.39, 0.29) is 5.57 Å². The van der Waals surface area contributed by atoms with E-state index in [1.54, 1.807) is 48.5 Å². The second-order valence-corrected chi connectivity index (χ2v) is 5.97. The molecule has 6 heteroatoms. The molecule has 0 aliphatic carbocycles. The Morgan fingerprint density at radius 2 is 1.89 bits per heavy atom. The van der Waals surface area contributed by atoms with Gasteiger partial charge in [0.15, 0.2) is 0 Å². The minimum Gasteiger partial charge on any atom is -0.495 e. The van der Waals surface area contributed by atoms with E-state index in [9.17, 15) is 10.1 Å². The summed E-state index contributed by atoms with van der Waals surface area (Å²) in [6.45, 7) is 0. The van der Waals surface area contributed by atoms with Crippen molar-refractivity contribution in [2.24, 2.45) is 0 Å². The van der Waals surface area contributed by atoms with Gasteiger partial charge in [-0.2, -0.15) is 5.26 Å². The fourth-order valence-corrected chi connectivity index (χ4v) is 2.55. The van der Waals surface area contributed by atoms with E-state index in [2.05, 4.69) is 5.32 Å². The van der Waals surface area contributed by atoms with Gasteiger partial charge in [0.25, 0.3) is 5.91 Å². The lowest BCUT2D eigenvalue weighted by atomic mass is 10.2. The Balaban J connectivity index is 1.81. The highest BCUT2D eigenvalue weighted by Gasteiger charge is 2.13. The van der Waals surface area contributed by atoms with Gasteiger partial charge in [0.05, 0.1) is 12.8 Å². The lowest BCUT2D eigenvalue weighted by Crippen LogP contribution is -2.14. The van der Waals surface area contributed by atoms with Crippen molar-refractivity contribution in [3.8, 4) is 23.1 Å². The molecule has 1 amide bonds. The number of methoxy groups -OCH3 is 1. The van der Waals surface area contributed by atoms with Crippen LogP contribution in [0, 0.1) is 11.3 Å². The molecular formula is C21H15ClN2O3. The number of hydrogen-bond donors (Lipinski definition) is 1.